The maximum atomic E-state index is 12.1. The smallest absolute Gasteiger partial charge is 0.338 e. The van der Waals surface area contributed by atoms with Gasteiger partial charge in [-0.1, -0.05) is 13.3 Å². The molecule has 0 aliphatic rings. The van der Waals surface area contributed by atoms with Gasteiger partial charge in [0.15, 0.2) is 12.4 Å². The van der Waals surface area contributed by atoms with Crippen molar-refractivity contribution in [2.24, 2.45) is 0 Å². The van der Waals surface area contributed by atoms with Crippen LogP contribution in [0, 0.1) is 0 Å². The number of benzene rings is 1. The Morgan fingerprint density at radius 3 is 2.52 bits per heavy atom. The van der Waals surface area contributed by atoms with Gasteiger partial charge in [-0.25, -0.2) is 22.2 Å². The Hall–Kier alpha value is -2.33. The normalized spacial score (nSPS) is 11.7. The molecule has 0 saturated heterocycles. The van der Waals surface area contributed by atoms with Crippen LogP contribution in [0.3, 0.4) is 0 Å². The monoisotopic (exact) mass is 367 g/mol. The van der Waals surface area contributed by atoms with Crippen LogP contribution in [0.1, 0.15) is 35.9 Å². The predicted octanol–water partition coefficient (Wildman–Crippen LogP) is 1.08. The number of aryl methyl sites for hydroxylation is 1. The molecule has 0 fully saturated rings. The lowest BCUT2D eigenvalue weighted by molar-refractivity contribution is 0.0456. The van der Waals surface area contributed by atoms with E-state index in [1.807, 2.05) is 0 Å². The van der Waals surface area contributed by atoms with Gasteiger partial charge in [0, 0.05) is 20.6 Å². The average molecular weight is 367 g/mol. The summed E-state index contributed by atoms with van der Waals surface area (Å²) in [6.45, 7) is 2.67. The fourth-order valence-electron chi connectivity index (χ4n) is 2.00. The van der Waals surface area contributed by atoms with Gasteiger partial charge in [0.1, 0.15) is 0 Å². The van der Waals surface area contributed by atoms with Crippen molar-refractivity contribution in [2.75, 3.05) is 14.1 Å². The third kappa shape index (κ3) is 4.60. The van der Waals surface area contributed by atoms with Gasteiger partial charge in [0.25, 0.3) is 0 Å². The van der Waals surface area contributed by atoms with Crippen molar-refractivity contribution in [3.63, 3.8) is 0 Å². The van der Waals surface area contributed by atoms with Gasteiger partial charge < -0.3 is 4.74 Å². The molecule has 9 nitrogen and oxygen atoms in total. The lowest BCUT2D eigenvalue weighted by atomic mass is 10.2. The molecule has 1 heterocycles. The van der Waals surface area contributed by atoms with Crippen molar-refractivity contribution in [1.29, 1.82) is 0 Å². The summed E-state index contributed by atoms with van der Waals surface area (Å²) >= 11 is 0. The maximum Gasteiger partial charge on any atom is 0.338 e. The summed E-state index contributed by atoms with van der Waals surface area (Å²) in [6, 6.07) is 5.58. The van der Waals surface area contributed by atoms with Crippen molar-refractivity contribution in [3.8, 4) is 0 Å². The van der Waals surface area contributed by atoms with Crippen LogP contribution >= 0.6 is 0 Å². The minimum absolute atomic E-state index is 0.0483. The van der Waals surface area contributed by atoms with Crippen molar-refractivity contribution >= 4 is 16.0 Å². The summed E-state index contributed by atoms with van der Waals surface area (Å²) in [6.07, 6.45) is 1.93. The SMILES string of the molecule is CCCCn1nnnc1COC(=O)c1ccc(S(=O)(=O)N(C)C)cc1. The summed E-state index contributed by atoms with van der Waals surface area (Å²) in [4.78, 5) is 12.2. The second kappa shape index (κ2) is 8.17. The third-order valence-electron chi connectivity index (χ3n) is 3.53. The second-order valence-electron chi connectivity index (χ2n) is 5.56. The fourth-order valence-corrected chi connectivity index (χ4v) is 2.90. The number of rotatable bonds is 8. The van der Waals surface area contributed by atoms with E-state index >= 15 is 0 Å². The van der Waals surface area contributed by atoms with Crippen LogP contribution in [0.5, 0.6) is 0 Å². The minimum atomic E-state index is -3.53. The Balaban J connectivity index is 2.01. The lowest BCUT2D eigenvalue weighted by Crippen LogP contribution is -2.22. The summed E-state index contributed by atoms with van der Waals surface area (Å²) in [5, 5.41) is 11.3. The summed E-state index contributed by atoms with van der Waals surface area (Å²) in [5.74, 6) is -0.104. The number of carbonyl (C=O) groups is 1. The summed E-state index contributed by atoms with van der Waals surface area (Å²) < 4.78 is 31.9. The van der Waals surface area contributed by atoms with Crippen LogP contribution < -0.4 is 0 Å². The van der Waals surface area contributed by atoms with Crippen LogP contribution in [0.2, 0.25) is 0 Å². The molecular formula is C15H21N5O4S. The van der Waals surface area contributed by atoms with E-state index < -0.39 is 16.0 Å². The first kappa shape index (κ1) is 19.0. The number of esters is 1. The van der Waals surface area contributed by atoms with Crippen LogP contribution in [-0.2, 0) is 27.9 Å². The highest BCUT2D eigenvalue weighted by atomic mass is 32.2. The quantitative estimate of drug-likeness (QED) is 0.643. The molecule has 1 aromatic carbocycles. The Morgan fingerprint density at radius 2 is 1.92 bits per heavy atom. The van der Waals surface area contributed by atoms with Crippen LogP contribution in [-0.4, -0.2) is 53.0 Å². The first-order chi connectivity index (χ1) is 11.9. The average Bonchev–Trinajstić information content (AvgIpc) is 3.05. The lowest BCUT2D eigenvalue weighted by Gasteiger charge is -2.11. The van der Waals surface area contributed by atoms with Gasteiger partial charge in [-0.2, -0.15) is 0 Å². The van der Waals surface area contributed by atoms with Gasteiger partial charge in [-0.05, 0) is 41.1 Å². The number of aromatic nitrogens is 4. The van der Waals surface area contributed by atoms with Crippen molar-refractivity contribution in [3.05, 3.63) is 35.7 Å². The molecule has 0 atom stereocenters. The van der Waals surface area contributed by atoms with Crippen molar-refractivity contribution in [1.82, 2.24) is 24.5 Å². The minimum Gasteiger partial charge on any atom is -0.454 e. The molecule has 0 aliphatic heterocycles. The van der Waals surface area contributed by atoms with E-state index in [-0.39, 0.29) is 17.1 Å². The largest absolute Gasteiger partial charge is 0.454 e. The van der Waals surface area contributed by atoms with Gasteiger partial charge in [-0.3, -0.25) is 0 Å². The third-order valence-corrected chi connectivity index (χ3v) is 5.36. The Morgan fingerprint density at radius 1 is 1.24 bits per heavy atom. The Bertz CT molecular complexity index is 815. The highest BCUT2D eigenvalue weighted by Crippen LogP contribution is 2.15. The van der Waals surface area contributed by atoms with E-state index in [0.717, 1.165) is 17.1 Å². The molecule has 0 saturated carbocycles. The molecule has 0 aliphatic carbocycles. The topological polar surface area (TPSA) is 107 Å². The van der Waals surface area contributed by atoms with E-state index in [9.17, 15) is 13.2 Å². The molecule has 25 heavy (non-hydrogen) atoms. The number of unbranched alkanes of at least 4 members (excludes halogenated alkanes) is 1. The Labute approximate surface area is 146 Å². The van der Waals surface area contributed by atoms with Crippen LogP contribution in [0.15, 0.2) is 29.2 Å². The number of carbonyl (C=O) groups excluding carboxylic acids is 1. The number of sulfonamides is 1. The first-order valence-electron chi connectivity index (χ1n) is 7.81. The van der Waals surface area contributed by atoms with Crippen molar-refractivity contribution < 1.29 is 17.9 Å². The van der Waals surface area contributed by atoms with E-state index in [4.69, 9.17) is 4.74 Å². The molecule has 136 valence electrons. The standard InChI is InChI=1S/C15H21N5O4S/c1-4-5-10-20-14(16-17-18-20)11-24-15(21)12-6-8-13(9-7-12)25(22,23)19(2)3/h6-9H,4-5,10-11H2,1-3H3. The molecule has 0 bridgehead atoms. The molecule has 0 radical (unpaired) electrons. The number of nitrogens with zero attached hydrogens (tertiary/aromatic N) is 5. The van der Waals surface area contributed by atoms with E-state index in [0.29, 0.717) is 12.4 Å². The molecule has 2 rings (SSSR count). The molecule has 0 amide bonds. The maximum absolute atomic E-state index is 12.1. The zero-order valence-corrected chi connectivity index (χ0v) is 15.2. The van der Waals surface area contributed by atoms with Gasteiger partial charge in [0.2, 0.25) is 10.0 Å². The zero-order valence-electron chi connectivity index (χ0n) is 14.4. The first-order valence-corrected chi connectivity index (χ1v) is 9.25. The van der Waals surface area contributed by atoms with E-state index in [1.165, 1.54) is 38.4 Å². The van der Waals surface area contributed by atoms with Crippen LogP contribution in [0.25, 0.3) is 0 Å². The Kier molecular flexibility index (Phi) is 6.21. The number of tetrazole rings is 1. The second-order valence-corrected chi connectivity index (χ2v) is 7.71. The molecule has 1 aromatic heterocycles. The van der Waals surface area contributed by atoms with Crippen LogP contribution in [0.4, 0.5) is 0 Å². The number of hydrogen-bond acceptors (Lipinski definition) is 7. The van der Waals surface area contributed by atoms with Gasteiger partial charge in [0.05, 0.1) is 10.5 Å². The summed E-state index contributed by atoms with van der Waals surface area (Å²) in [5.41, 5.74) is 0.255. The van der Waals surface area contributed by atoms with Gasteiger partial charge in [-0.15, -0.1) is 5.10 Å². The molecule has 0 unspecified atom stereocenters. The number of hydrogen-bond donors (Lipinski definition) is 0. The molecule has 10 heteroatoms. The zero-order chi connectivity index (χ0) is 18.4. The van der Waals surface area contributed by atoms with E-state index in [1.54, 1.807) is 4.68 Å². The summed E-state index contributed by atoms with van der Waals surface area (Å²) in [7, 11) is -0.641. The molecule has 2 aromatic rings. The highest BCUT2D eigenvalue weighted by Gasteiger charge is 2.18. The predicted molar refractivity (Wildman–Crippen MR) is 89.2 cm³/mol. The molecule has 0 N–H and O–H groups in total. The highest BCUT2D eigenvalue weighted by molar-refractivity contribution is 7.89. The van der Waals surface area contributed by atoms with E-state index in [2.05, 4.69) is 22.4 Å². The molecular weight excluding hydrogens is 346 g/mol. The number of ether oxygens (including phenoxy) is 1. The fraction of sp³-hybridized carbons (Fsp3) is 0.467. The van der Waals surface area contributed by atoms with Crippen molar-refractivity contribution in [2.45, 2.75) is 37.8 Å². The molecule has 0 spiro atoms. The van der Waals surface area contributed by atoms with Gasteiger partial charge >= 0.3 is 5.97 Å².